The molecule has 1 aliphatic rings. The molecule has 0 aliphatic carbocycles. The molecule has 0 bridgehead atoms. The van der Waals surface area contributed by atoms with Gasteiger partial charge in [-0.25, -0.2) is 0 Å². The minimum absolute atomic E-state index is 0.00278. The third-order valence-electron chi connectivity index (χ3n) is 6.82. The fourth-order valence-corrected chi connectivity index (χ4v) is 4.75. The van der Waals surface area contributed by atoms with Gasteiger partial charge in [0.05, 0.1) is 23.4 Å². The van der Waals surface area contributed by atoms with E-state index in [-0.39, 0.29) is 6.04 Å². The molecule has 2 aromatic carbocycles. The summed E-state index contributed by atoms with van der Waals surface area (Å²) in [7, 11) is 4.34. The van der Waals surface area contributed by atoms with E-state index in [0.29, 0.717) is 11.6 Å². The SMILES string of the molecule is Cc1c(C#N)cccc1C(C)Nc1nnc(C)c2ccc(N3CCC(N(C)C)CC3)cc12. The fraction of sp³-hybridized carbons (Fsp3) is 0.423. The van der Waals surface area contributed by atoms with E-state index in [1.807, 2.05) is 26.0 Å². The average molecular weight is 429 g/mol. The second-order valence-electron chi connectivity index (χ2n) is 9.04. The van der Waals surface area contributed by atoms with E-state index < -0.39 is 0 Å². The van der Waals surface area contributed by atoms with E-state index >= 15 is 0 Å². The zero-order valence-electron chi connectivity index (χ0n) is 19.7. The van der Waals surface area contributed by atoms with Gasteiger partial charge in [-0.15, -0.1) is 5.10 Å². The summed E-state index contributed by atoms with van der Waals surface area (Å²) >= 11 is 0. The molecule has 1 aromatic heterocycles. The van der Waals surface area contributed by atoms with Crippen molar-refractivity contribution < 1.29 is 0 Å². The van der Waals surface area contributed by atoms with Crippen molar-refractivity contribution >= 4 is 22.3 Å². The van der Waals surface area contributed by atoms with Gasteiger partial charge in [0.2, 0.25) is 0 Å². The zero-order chi connectivity index (χ0) is 22.8. The van der Waals surface area contributed by atoms with Crippen LogP contribution in [0, 0.1) is 25.2 Å². The van der Waals surface area contributed by atoms with Crippen molar-refractivity contribution in [3.05, 3.63) is 58.8 Å². The molecule has 166 valence electrons. The normalized spacial score (nSPS) is 15.7. The number of hydrogen-bond acceptors (Lipinski definition) is 6. The first-order valence-electron chi connectivity index (χ1n) is 11.3. The molecule has 6 heteroatoms. The third kappa shape index (κ3) is 4.26. The zero-order valence-corrected chi connectivity index (χ0v) is 19.7. The topological polar surface area (TPSA) is 68.1 Å². The lowest BCUT2D eigenvalue weighted by molar-refractivity contribution is 0.249. The van der Waals surface area contributed by atoms with E-state index in [4.69, 9.17) is 0 Å². The molecule has 1 aliphatic heterocycles. The Morgan fingerprint density at radius 3 is 2.53 bits per heavy atom. The van der Waals surface area contributed by atoms with Crippen LogP contribution >= 0.6 is 0 Å². The maximum Gasteiger partial charge on any atom is 0.157 e. The van der Waals surface area contributed by atoms with Gasteiger partial charge in [0.25, 0.3) is 0 Å². The monoisotopic (exact) mass is 428 g/mol. The summed E-state index contributed by atoms with van der Waals surface area (Å²) < 4.78 is 0. The number of piperidine rings is 1. The van der Waals surface area contributed by atoms with Crippen molar-refractivity contribution in [3.8, 4) is 6.07 Å². The molecule has 2 heterocycles. The number of nitrogens with zero attached hydrogens (tertiary/aromatic N) is 5. The molecule has 0 saturated carbocycles. The van der Waals surface area contributed by atoms with Gasteiger partial charge in [-0.05, 0) is 77.0 Å². The summed E-state index contributed by atoms with van der Waals surface area (Å²) in [4.78, 5) is 4.81. The van der Waals surface area contributed by atoms with Crippen LogP contribution in [0.3, 0.4) is 0 Å². The molecule has 4 rings (SSSR count). The van der Waals surface area contributed by atoms with Crippen LogP contribution in [-0.4, -0.2) is 48.3 Å². The van der Waals surface area contributed by atoms with Crippen molar-refractivity contribution in [1.82, 2.24) is 15.1 Å². The van der Waals surface area contributed by atoms with Crippen molar-refractivity contribution in [3.63, 3.8) is 0 Å². The first-order valence-corrected chi connectivity index (χ1v) is 11.3. The Kier molecular flexibility index (Phi) is 6.29. The summed E-state index contributed by atoms with van der Waals surface area (Å²) in [5.41, 5.74) is 4.98. The Balaban J connectivity index is 1.64. The van der Waals surface area contributed by atoms with Crippen LogP contribution in [0.25, 0.3) is 10.8 Å². The summed E-state index contributed by atoms with van der Waals surface area (Å²) in [6.07, 6.45) is 2.35. The number of aryl methyl sites for hydroxylation is 1. The molecule has 1 atom stereocenters. The quantitative estimate of drug-likeness (QED) is 0.628. The van der Waals surface area contributed by atoms with Crippen LogP contribution in [0.2, 0.25) is 0 Å². The average Bonchev–Trinajstić information content (AvgIpc) is 2.81. The smallest absolute Gasteiger partial charge is 0.157 e. The molecule has 1 unspecified atom stereocenters. The maximum atomic E-state index is 9.39. The predicted octanol–water partition coefficient (Wildman–Crippen LogP) is 4.82. The van der Waals surface area contributed by atoms with E-state index in [1.54, 1.807) is 0 Å². The van der Waals surface area contributed by atoms with Gasteiger partial charge in [-0.1, -0.05) is 18.2 Å². The number of anilines is 2. The molecule has 0 radical (unpaired) electrons. The first kappa shape index (κ1) is 22.0. The van der Waals surface area contributed by atoms with E-state index in [1.165, 1.54) is 18.5 Å². The summed E-state index contributed by atoms with van der Waals surface area (Å²) in [6, 6.07) is 15.4. The van der Waals surface area contributed by atoms with Crippen molar-refractivity contribution in [1.29, 1.82) is 5.26 Å². The molecule has 0 amide bonds. The Morgan fingerprint density at radius 1 is 1.09 bits per heavy atom. The largest absolute Gasteiger partial charge is 0.371 e. The Morgan fingerprint density at radius 2 is 1.84 bits per heavy atom. The fourth-order valence-electron chi connectivity index (χ4n) is 4.75. The molecular weight excluding hydrogens is 396 g/mol. The highest BCUT2D eigenvalue weighted by Crippen LogP contribution is 2.32. The number of aromatic nitrogens is 2. The summed E-state index contributed by atoms with van der Waals surface area (Å²) in [5.74, 6) is 0.782. The van der Waals surface area contributed by atoms with Crippen LogP contribution in [0.1, 0.15) is 48.2 Å². The van der Waals surface area contributed by atoms with Gasteiger partial charge in [0.15, 0.2) is 5.82 Å². The molecule has 0 spiro atoms. The minimum Gasteiger partial charge on any atom is -0.371 e. The molecule has 1 saturated heterocycles. The molecule has 6 nitrogen and oxygen atoms in total. The lowest BCUT2D eigenvalue weighted by Gasteiger charge is -2.36. The molecule has 1 fully saturated rings. The van der Waals surface area contributed by atoms with Crippen molar-refractivity contribution in [2.75, 3.05) is 37.4 Å². The van der Waals surface area contributed by atoms with Crippen LogP contribution in [-0.2, 0) is 0 Å². The Hall–Kier alpha value is -3.17. The highest BCUT2D eigenvalue weighted by Gasteiger charge is 2.22. The van der Waals surface area contributed by atoms with Crippen LogP contribution < -0.4 is 10.2 Å². The Bertz CT molecular complexity index is 1150. The van der Waals surface area contributed by atoms with Crippen LogP contribution in [0.4, 0.5) is 11.5 Å². The lowest BCUT2D eigenvalue weighted by Crippen LogP contribution is -2.41. The standard InChI is InChI=1S/C26H32N6/c1-17-20(16-27)7-6-8-23(17)18(2)28-26-25-15-22(9-10-24(25)19(3)29-30-26)32-13-11-21(12-14-32)31(4)5/h6-10,15,18,21H,11-14H2,1-5H3,(H,28,30). The minimum atomic E-state index is 0.00278. The summed E-state index contributed by atoms with van der Waals surface area (Å²) in [5, 5.41) is 24.1. The second-order valence-corrected chi connectivity index (χ2v) is 9.04. The van der Waals surface area contributed by atoms with Gasteiger partial charge in [0, 0.05) is 35.6 Å². The second kappa shape index (κ2) is 9.13. The predicted molar refractivity (Wildman–Crippen MR) is 131 cm³/mol. The molecular formula is C26H32N6. The molecule has 1 N–H and O–H groups in total. The van der Waals surface area contributed by atoms with Crippen LogP contribution in [0.5, 0.6) is 0 Å². The highest BCUT2D eigenvalue weighted by atomic mass is 15.2. The van der Waals surface area contributed by atoms with Gasteiger partial charge >= 0.3 is 0 Å². The maximum absolute atomic E-state index is 9.39. The Labute approximate surface area is 190 Å². The van der Waals surface area contributed by atoms with Gasteiger partial charge in [-0.3, -0.25) is 0 Å². The number of rotatable bonds is 5. The third-order valence-corrected chi connectivity index (χ3v) is 6.82. The number of hydrogen-bond donors (Lipinski definition) is 1. The van der Waals surface area contributed by atoms with Crippen molar-refractivity contribution in [2.45, 2.75) is 45.7 Å². The number of benzene rings is 2. The molecule has 32 heavy (non-hydrogen) atoms. The van der Waals surface area contributed by atoms with Crippen LogP contribution in [0.15, 0.2) is 36.4 Å². The van der Waals surface area contributed by atoms with E-state index in [2.05, 4.69) is 76.7 Å². The number of nitriles is 1. The van der Waals surface area contributed by atoms with E-state index in [0.717, 1.165) is 46.5 Å². The van der Waals surface area contributed by atoms with Gasteiger partial charge in [0.1, 0.15) is 0 Å². The first-order chi connectivity index (χ1) is 15.4. The number of nitrogens with one attached hydrogen (secondary N) is 1. The lowest BCUT2D eigenvalue weighted by atomic mass is 9.98. The van der Waals surface area contributed by atoms with E-state index in [9.17, 15) is 5.26 Å². The van der Waals surface area contributed by atoms with Crippen molar-refractivity contribution in [2.24, 2.45) is 0 Å². The summed E-state index contributed by atoms with van der Waals surface area (Å²) in [6.45, 7) is 8.23. The molecule has 3 aromatic rings. The highest BCUT2D eigenvalue weighted by molar-refractivity contribution is 5.95. The number of fused-ring (bicyclic) bond motifs is 1. The van der Waals surface area contributed by atoms with Gasteiger partial charge < -0.3 is 15.1 Å². The van der Waals surface area contributed by atoms with Gasteiger partial charge in [-0.2, -0.15) is 10.4 Å².